The van der Waals surface area contributed by atoms with Crippen LogP contribution in [-0.2, 0) is 0 Å². The van der Waals surface area contributed by atoms with Gasteiger partial charge in [0.2, 0.25) is 0 Å². The van der Waals surface area contributed by atoms with Gasteiger partial charge in [-0.2, -0.15) is 5.26 Å². The molecule has 64 valence electrons. The zero-order valence-electron chi connectivity index (χ0n) is 6.97. The first-order chi connectivity index (χ1) is 6.24. The lowest BCUT2D eigenvalue weighted by atomic mass is 10.1. The molecular weight excluding hydrogens is 293 g/mol. The van der Waals surface area contributed by atoms with Crippen LogP contribution in [0.5, 0.6) is 0 Å². The minimum absolute atomic E-state index is 0.786. The Morgan fingerprint density at radius 3 is 2.92 bits per heavy atom. The molecule has 1 aromatic heterocycles. The van der Waals surface area contributed by atoms with Crippen molar-refractivity contribution in [1.29, 1.82) is 5.26 Å². The summed E-state index contributed by atoms with van der Waals surface area (Å²) in [5.41, 5.74) is 2.05. The number of rotatable bonds is 0. The van der Waals surface area contributed by atoms with E-state index in [0.29, 0.717) is 0 Å². The summed E-state index contributed by atoms with van der Waals surface area (Å²) in [6.07, 6.45) is 0. The SMILES string of the molecule is Cc1csc2c(C#N)ccc(I)c12. The van der Waals surface area contributed by atoms with Crippen molar-refractivity contribution in [2.75, 3.05) is 0 Å². The van der Waals surface area contributed by atoms with Crippen LogP contribution in [0.4, 0.5) is 0 Å². The van der Waals surface area contributed by atoms with E-state index in [1.807, 2.05) is 12.1 Å². The molecule has 2 rings (SSSR count). The molecule has 0 fully saturated rings. The highest BCUT2D eigenvalue weighted by molar-refractivity contribution is 14.1. The second-order valence-corrected chi connectivity index (χ2v) is 4.87. The van der Waals surface area contributed by atoms with Crippen LogP contribution >= 0.6 is 33.9 Å². The summed E-state index contributed by atoms with van der Waals surface area (Å²) in [6.45, 7) is 2.09. The summed E-state index contributed by atoms with van der Waals surface area (Å²) in [7, 11) is 0. The average molecular weight is 299 g/mol. The van der Waals surface area contributed by atoms with Crippen molar-refractivity contribution in [1.82, 2.24) is 0 Å². The van der Waals surface area contributed by atoms with Crippen LogP contribution in [0, 0.1) is 21.8 Å². The van der Waals surface area contributed by atoms with Crippen LogP contribution in [0.15, 0.2) is 17.5 Å². The number of fused-ring (bicyclic) bond motifs is 1. The number of aryl methyl sites for hydroxylation is 1. The molecule has 2 aromatic rings. The summed E-state index contributed by atoms with van der Waals surface area (Å²) in [5.74, 6) is 0. The highest BCUT2D eigenvalue weighted by Gasteiger charge is 2.07. The summed E-state index contributed by atoms with van der Waals surface area (Å²) < 4.78 is 2.34. The second kappa shape index (κ2) is 3.28. The fourth-order valence-corrected chi connectivity index (χ4v) is 3.44. The first kappa shape index (κ1) is 8.97. The largest absolute Gasteiger partial charge is 0.192 e. The molecule has 0 aliphatic rings. The zero-order chi connectivity index (χ0) is 9.42. The third kappa shape index (κ3) is 1.34. The fraction of sp³-hybridized carbons (Fsp3) is 0.100. The Morgan fingerprint density at radius 2 is 2.23 bits per heavy atom. The zero-order valence-corrected chi connectivity index (χ0v) is 9.94. The number of nitrogens with zero attached hydrogens (tertiary/aromatic N) is 1. The molecule has 0 aliphatic carbocycles. The molecule has 0 bridgehead atoms. The third-order valence-electron chi connectivity index (χ3n) is 1.98. The molecule has 0 spiro atoms. The van der Waals surface area contributed by atoms with E-state index in [2.05, 4.69) is 41.0 Å². The van der Waals surface area contributed by atoms with E-state index in [-0.39, 0.29) is 0 Å². The maximum absolute atomic E-state index is 8.89. The van der Waals surface area contributed by atoms with Crippen LogP contribution < -0.4 is 0 Å². The Labute approximate surface area is 94.1 Å². The third-order valence-corrected chi connectivity index (χ3v) is 4.01. The van der Waals surface area contributed by atoms with Gasteiger partial charge in [-0.15, -0.1) is 11.3 Å². The van der Waals surface area contributed by atoms with Gasteiger partial charge in [0.25, 0.3) is 0 Å². The van der Waals surface area contributed by atoms with Gasteiger partial charge in [-0.25, -0.2) is 0 Å². The van der Waals surface area contributed by atoms with E-state index < -0.39 is 0 Å². The van der Waals surface area contributed by atoms with Crippen molar-refractivity contribution in [2.24, 2.45) is 0 Å². The Balaban J connectivity index is 2.97. The van der Waals surface area contributed by atoms with Gasteiger partial charge < -0.3 is 0 Å². The van der Waals surface area contributed by atoms with E-state index in [0.717, 1.165) is 10.3 Å². The highest BCUT2D eigenvalue weighted by Crippen LogP contribution is 2.31. The van der Waals surface area contributed by atoms with Gasteiger partial charge in [-0.3, -0.25) is 0 Å². The van der Waals surface area contributed by atoms with Crippen LogP contribution in [0.2, 0.25) is 0 Å². The van der Waals surface area contributed by atoms with Crippen molar-refractivity contribution in [3.05, 3.63) is 32.2 Å². The number of hydrogen-bond donors (Lipinski definition) is 0. The van der Waals surface area contributed by atoms with Gasteiger partial charge in [0.05, 0.1) is 10.3 Å². The Bertz CT molecular complexity index is 507. The van der Waals surface area contributed by atoms with Crippen LogP contribution in [0.25, 0.3) is 10.1 Å². The standard InChI is InChI=1S/C10H6INS/c1-6-5-13-10-7(4-12)2-3-8(11)9(6)10/h2-3,5H,1H3. The lowest BCUT2D eigenvalue weighted by Crippen LogP contribution is -1.79. The number of nitriles is 1. The number of thiophene rings is 1. The molecule has 0 saturated carbocycles. The first-order valence-electron chi connectivity index (χ1n) is 3.80. The van der Waals surface area contributed by atoms with Crippen molar-refractivity contribution < 1.29 is 0 Å². The maximum Gasteiger partial charge on any atom is 0.101 e. The predicted molar refractivity (Wildman–Crippen MR) is 64.0 cm³/mol. The van der Waals surface area contributed by atoms with Gasteiger partial charge in [0.1, 0.15) is 6.07 Å². The second-order valence-electron chi connectivity index (χ2n) is 2.83. The fourth-order valence-electron chi connectivity index (χ4n) is 1.34. The minimum Gasteiger partial charge on any atom is -0.192 e. The first-order valence-corrected chi connectivity index (χ1v) is 5.76. The van der Waals surface area contributed by atoms with Gasteiger partial charge in [-0.05, 0) is 52.6 Å². The smallest absolute Gasteiger partial charge is 0.101 e. The molecule has 0 saturated heterocycles. The van der Waals surface area contributed by atoms with Crippen molar-refractivity contribution in [3.8, 4) is 6.07 Å². The van der Waals surface area contributed by atoms with E-state index in [1.165, 1.54) is 14.5 Å². The number of halogens is 1. The minimum atomic E-state index is 0.786. The van der Waals surface area contributed by atoms with Gasteiger partial charge in [-0.1, -0.05) is 0 Å². The summed E-state index contributed by atoms with van der Waals surface area (Å²) in [6, 6.07) is 6.11. The van der Waals surface area contributed by atoms with E-state index in [1.54, 1.807) is 11.3 Å². The molecule has 1 nitrogen and oxygen atoms in total. The van der Waals surface area contributed by atoms with Crippen molar-refractivity contribution >= 4 is 44.0 Å². The topological polar surface area (TPSA) is 23.8 Å². The maximum atomic E-state index is 8.89. The van der Waals surface area contributed by atoms with E-state index >= 15 is 0 Å². The quantitative estimate of drug-likeness (QED) is 0.681. The van der Waals surface area contributed by atoms with Crippen molar-refractivity contribution in [2.45, 2.75) is 6.92 Å². The summed E-state index contributed by atoms with van der Waals surface area (Å²) in [5, 5.41) is 12.2. The highest BCUT2D eigenvalue weighted by atomic mass is 127. The van der Waals surface area contributed by atoms with E-state index in [4.69, 9.17) is 5.26 Å². The van der Waals surface area contributed by atoms with Crippen molar-refractivity contribution in [3.63, 3.8) is 0 Å². The summed E-state index contributed by atoms with van der Waals surface area (Å²) >= 11 is 3.96. The van der Waals surface area contributed by atoms with E-state index in [9.17, 15) is 0 Å². The normalized spacial score (nSPS) is 10.2. The Hall–Kier alpha value is -0.600. The lowest BCUT2D eigenvalue weighted by molar-refractivity contribution is 1.50. The molecule has 3 heteroatoms. The van der Waals surface area contributed by atoms with Gasteiger partial charge >= 0.3 is 0 Å². The van der Waals surface area contributed by atoms with Crippen LogP contribution in [0.3, 0.4) is 0 Å². The van der Waals surface area contributed by atoms with Gasteiger partial charge in [0.15, 0.2) is 0 Å². The van der Waals surface area contributed by atoms with Gasteiger partial charge in [0, 0.05) is 8.96 Å². The molecule has 0 amide bonds. The molecule has 13 heavy (non-hydrogen) atoms. The van der Waals surface area contributed by atoms with Crippen LogP contribution in [-0.4, -0.2) is 0 Å². The molecule has 1 heterocycles. The van der Waals surface area contributed by atoms with Crippen LogP contribution in [0.1, 0.15) is 11.1 Å². The average Bonchev–Trinajstić information content (AvgIpc) is 2.50. The lowest BCUT2D eigenvalue weighted by Gasteiger charge is -1.97. The molecule has 0 radical (unpaired) electrons. The molecule has 0 N–H and O–H groups in total. The molecule has 0 atom stereocenters. The molecule has 1 aromatic carbocycles. The number of benzene rings is 1. The molecule has 0 unspecified atom stereocenters. The monoisotopic (exact) mass is 299 g/mol. The summed E-state index contributed by atoms with van der Waals surface area (Å²) in [4.78, 5) is 0. The Kier molecular flexibility index (Phi) is 2.26. The number of hydrogen-bond acceptors (Lipinski definition) is 2. The Morgan fingerprint density at radius 1 is 1.46 bits per heavy atom. The predicted octanol–water partition coefficient (Wildman–Crippen LogP) is 3.69. The molecular formula is C10H6INS. The molecule has 0 aliphatic heterocycles.